The summed E-state index contributed by atoms with van der Waals surface area (Å²) in [7, 11) is 0. The maximum Gasteiger partial charge on any atom is 0.279 e. The molecule has 2 atom stereocenters. The highest BCUT2D eigenvalue weighted by Gasteiger charge is 2.26. The molecule has 1 aliphatic rings. The molecule has 26 heavy (non-hydrogen) atoms. The van der Waals surface area contributed by atoms with Gasteiger partial charge in [0.05, 0.1) is 5.39 Å². The van der Waals surface area contributed by atoms with Crippen molar-refractivity contribution in [2.45, 2.75) is 39.2 Å². The average molecular weight is 368 g/mol. The van der Waals surface area contributed by atoms with Gasteiger partial charge in [-0.05, 0) is 49.8 Å². The normalized spacial score (nSPS) is 17.7. The number of thiophene rings is 1. The average Bonchev–Trinajstić information content (AvgIpc) is 3.00. The number of carbonyl (C=O) groups excluding carboxylic acids is 1. The summed E-state index contributed by atoms with van der Waals surface area (Å²) in [5.74, 6) is 0.339. The van der Waals surface area contributed by atoms with Crippen LogP contribution in [0.3, 0.4) is 0 Å². The number of benzene rings is 1. The second kappa shape index (κ2) is 6.64. The number of carbonyl (C=O) groups is 1. The predicted molar refractivity (Wildman–Crippen MR) is 103 cm³/mol. The van der Waals surface area contributed by atoms with E-state index >= 15 is 0 Å². The third-order valence-electron chi connectivity index (χ3n) is 4.93. The number of para-hydroxylation sites is 1. The Morgan fingerprint density at radius 2 is 2.12 bits per heavy atom. The topological polar surface area (TPSA) is 76.9 Å². The number of rotatable bonds is 3. The number of anilines is 1. The zero-order valence-corrected chi connectivity index (χ0v) is 15.5. The molecule has 1 aliphatic carbocycles. The van der Waals surface area contributed by atoms with Crippen LogP contribution in [0.2, 0.25) is 0 Å². The van der Waals surface area contributed by atoms with Gasteiger partial charge in [-0.2, -0.15) is 4.68 Å². The van der Waals surface area contributed by atoms with E-state index in [0.29, 0.717) is 21.8 Å². The van der Waals surface area contributed by atoms with E-state index in [0.717, 1.165) is 24.8 Å². The number of nitrogens with one attached hydrogen (secondary N) is 1. The van der Waals surface area contributed by atoms with Crippen LogP contribution in [-0.4, -0.2) is 20.9 Å². The number of hydrogen-bond acceptors (Lipinski definition) is 5. The van der Waals surface area contributed by atoms with Gasteiger partial charge in [-0.1, -0.05) is 30.3 Å². The summed E-state index contributed by atoms with van der Waals surface area (Å²) in [5, 5.41) is 11.7. The van der Waals surface area contributed by atoms with Crippen LogP contribution >= 0.6 is 11.3 Å². The van der Waals surface area contributed by atoms with Crippen LogP contribution in [0.4, 0.5) is 5.69 Å². The molecule has 0 aliphatic heterocycles. The van der Waals surface area contributed by atoms with Crippen molar-refractivity contribution < 1.29 is 4.79 Å². The van der Waals surface area contributed by atoms with Crippen LogP contribution in [0.1, 0.15) is 36.8 Å². The molecule has 1 N–H and O–H groups in total. The minimum atomic E-state index is -0.738. The molecular formula is C19H20N4O2S. The molecule has 2 aromatic heterocycles. The van der Waals surface area contributed by atoms with E-state index in [-0.39, 0.29) is 11.5 Å². The Balaban J connectivity index is 1.69. The summed E-state index contributed by atoms with van der Waals surface area (Å²) in [5.41, 5.74) is 1.57. The van der Waals surface area contributed by atoms with Gasteiger partial charge >= 0.3 is 0 Å². The fourth-order valence-corrected chi connectivity index (χ4v) is 4.72. The van der Waals surface area contributed by atoms with E-state index in [1.165, 1.54) is 9.56 Å². The third-order valence-corrected chi connectivity index (χ3v) is 6.07. The summed E-state index contributed by atoms with van der Waals surface area (Å²) in [6.45, 7) is 3.90. The molecule has 6 nitrogen and oxygen atoms in total. The van der Waals surface area contributed by atoms with Crippen molar-refractivity contribution in [3.63, 3.8) is 0 Å². The molecule has 0 bridgehead atoms. The summed E-state index contributed by atoms with van der Waals surface area (Å²) < 4.78 is 1.20. The van der Waals surface area contributed by atoms with Crippen LogP contribution in [-0.2, 0) is 17.6 Å². The lowest BCUT2D eigenvalue weighted by molar-refractivity contribution is -0.119. The Kier molecular flexibility index (Phi) is 4.32. The largest absolute Gasteiger partial charge is 0.324 e. The Morgan fingerprint density at radius 3 is 2.88 bits per heavy atom. The molecule has 0 saturated heterocycles. The number of amides is 1. The molecule has 1 aromatic carbocycles. The maximum atomic E-state index is 13.0. The highest BCUT2D eigenvalue weighted by molar-refractivity contribution is 7.18. The van der Waals surface area contributed by atoms with Crippen LogP contribution in [0.5, 0.6) is 0 Å². The summed E-state index contributed by atoms with van der Waals surface area (Å²) in [6.07, 6.45) is 2.95. The molecule has 0 fully saturated rings. The van der Waals surface area contributed by atoms with Crippen molar-refractivity contribution in [2.75, 3.05) is 5.32 Å². The van der Waals surface area contributed by atoms with E-state index in [9.17, 15) is 9.59 Å². The van der Waals surface area contributed by atoms with Crippen molar-refractivity contribution in [3.8, 4) is 0 Å². The van der Waals surface area contributed by atoms with Gasteiger partial charge in [-0.3, -0.25) is 9.59 Å². The molecule has 3 aromatic rings. The van der Waals surface area contributed by atoms with Gasteiger partial charge in [-0.25, -0.2) is 0 Å². The first-order chi connectivity index (χ1) is 12.5. The fraction of sp³-hybridized carbons (Fsp3) is 0.368. The quantitative estimate of drug-likeness (QED) is 0.770. The first-order valence-corrected chi connectivity index (χ1v) is 9.62. The van der Waals surface area contributed by atoms with Crippen LogP contribution in [0.25, 0.3) is 10.2 Å². The van der Waals surface area contributed by atoms with Crippen LogP contribution < -0.4 is 10.9 Å². The predicted octanol–water partition coefficient (Wildman–Crippen LogP) is 3.18. The lowest BCUT2D eigenvalue weighted by Gasteiger charge is -2.17. The molecular weight excluding hydrogens is 348 g/mol. The highest BCUT2D eigenvalue weighted by atomic mass is 32.1. The lowest BCUT2D eigenvalue weighted by Crippen LogP contribution is -2.34. The van der Waals surface area contributed by atoms with E-state index < -0.39 is 6.04 Å². The van der Waals surface area contributed by atoms with Gasteiger partial charge in [0.15, 0.2) is 4.83 Å². The molecule has 1 amide bonds. The Morgan fingerprint density at radius 1 is 1.35 bits per heavy atom. The van der Waals surface area contributed by atoms with E-state index in [4.69, 9.17) is 0 Å². The monoisotopic (exact) mass is 368 g/mol. The summed E-state index contributed by atoms with van der Waals surface area (Å²) in [6, 6.07) is 8.44. The SMILES string of the molecule is C[C@H]1CCc2c(sc3nnn([C@H](C)C(=O)Nc4ccccc4)c(=O)c23)C1. The molecule has 0 radical (unpaired) electrons. The minimum absolute atomic E-state index is 0.224. The minimum Gasteiger partial charge on any atom is -0.324 e. The Bertz CT molecular complexity index is 1030. The van der Waals surface area contributed by atoms with Crippen molar-refractivity contribution >= 4 is 33.1 Å². The number of aryl methyl sites for hydroxylation is 1. The van der Waals surface area contributed by atoms with Gasteiger partial charge in [0, 0.05) is 10.6 Å². The lowest BCUT2D eigenvalue weighted by atomic mass is 9.89. The first-order valence-electron chi connectivity index (χ1n) is 8.80. The van der Waals surface area contributed by atoms with Gasteiger partial charge < -0.3 is 5.32 Å². The summed E-state index contributed by atoms with van der Waals surface area (Å²) >= 11 is 1.56. The number of fused-ring (bicyclic) bond motifs is 3. The number of nitrogens with zero attached hydrogens (tertiary/aromatic N) is 3. The molecule has 0 unspecified atom stereocenters. The molecule has 2 heterocycles. The first kappa shape index (κ1) is 16.9. The van der Waals surface area contributed by atoms with Crippen molar-refractivity contribution in [2.24, 2.45) is 5.92 Å². The second-order valence-corrected chi connectivity index (χ2v) is 7.99. The standard InChI is InChI=1S/C19H20N4O2S/c1-11-8-9-14-15(10-11)26-18-16(14)19(25)23(22-21-18)12(2)17(24)20-13-6-4-3-5-7-13/h3-7,11-12H,8-10H2,1-2H3,(H,20,24)/t11-,12+/m0/s1. The van der Waals surface area contributed by atoms with Crippen LogP contribution in [0.15, 0.2) is 35.1 Å². The number of aromatic nitrogens is 3. The zero-order valence-electron chi connectivity index (χ0n) is 14.7. The van der Waals surface area contributed by atoms with Crippen molar-refractivity contribution in [3.05, 3.63) is 51.1 Å². The zero-order chi connectivity index (χ0) is 18.3. The fourth-order valence-electron chi connectivity index (χ4n) is 3.40. The smallest absolute Gasteiger partial charge is 0.279 e. The molecule has 4 rings (SSSR count). The van der Waals surface area contributed by atoms with Crippen molar-refractivity contribution in [1.82, 2.24) is 15.0 Å². The maximum absolute atomic E-state index is 13.0. The third kappa shape index (κ3) is 2.92. The summed E-state index contributed by atoms with van der Waals surface area (Å²) in [4.78, 5) is 27.5. The molecule has 134 valence electrons. The van der Waals surface area contributed by atoms with Gasteiger partial charge in [-0.15, -0.1) is 16.4 Å². The van der Waals surface area contributed by atoms with Gasteiger partial charge in [0.25, 0.3) is 5.56 Å². The van der Waals surface area contributed by atoms with Crippen LogP contribution in [0, 0.1) is 5.92 Å². The highest BCUT2D eigenvalue weighted by Crippen LogP contribution is 2.35. The van der Waals surface area contributed by atoms with Gasteiger partial charge in [0.1, 0.15) is 6.04 Å². The second-order valence-electron chi connectivity index (χ2n) is 6.90. The molecule has 7 heteroatoms. The van der Waals surface area contributed by atoms with Gasteiger partial charge in [0.2, 0.25) is 5.91 Å². The van der Waals surface area contributed by atoms with Crippen molar-refractivity contribution in [1.29, 1.82) is 0 Å². The number of hydrogen-bond donors (Lipinski definition) is 1. The van der Waals surface area contributed by atoms with E-state index in [2.05, 4.69) is 22.6 Å². The Labute approximate surface area is 154 Å². The van der Waals surface area contributed by atoms with E-state index in [1.807, 2.05) is 18.2 Å². The molecule has 0 saturated carbocycles. The Hall–Kier alpha value is -2.54. The molecule has 0 spiro atoms. The van der Waals surface area contributed by atoms with E-state index in [1.54, 1.807) is 30.4 Å².